The molecule has 0 saturated carbocycles. The first-order valence-electron chi connectivity index (χ1n) is 9.46. The Morgan fingerprint density at radius 3 is 2.69 bits per heavy atom. The van der Waals surface area contributed by atoms with Crippen LogP contribution in [0, 0.1) is 5.92 Å². The average Bonchev–Trinajstić information content (AvgIpc) is 2.95. The lowest BCUT2D eigenvalue weighted by Crippen LogP contribution is -2.46. The lowest BCUT2D eigenvalue weighted by Gasteiger charge is -2.36. The molecule has 0 spiro atoms. The maximum absolute atomic E-state index is 12.7. The van der Waals surface area contributed by atoms with E-state index in [-0.39, 0.29) is 35.6 Å². The molecule has 1 aromatic rings. The highest BCUT2D eigenvalue weighted by atomic mass is 16.5. The molecule has 2 fully saturated rings. The van der Waals surface area contributed by atoms with Gasteiger partial charge in [-0.05, 0) is 51.3 Å². The molecule has 2 aliphatic rings. The van der Waals surface area contributed by atoms with E-state index in [9.17, 15) is 4.79 Å². The van der Waals surface area contributed by atoms with Gasteiger partial charge in [-0.25, -0.2) is 5.43 Å². The molecule has 2 saturated heterocycles. The predicted octanol–water partition coefficient (Wildman–Crippen LogP) is 2.31. The van der Waals surface area contributed by atoms with Crippen LogP contribution in [0.25, 0.3) is 0 Å². The Balaban J connectivity index is 1.61. The van der Waals surface area contributed by atoms with Crippen LogP contribution in [-0.4, -0.2) is 37.3 Å². The highest BCUT2D eigenvalue weighted by Gasteiger charge is 2.36. The number of amides is 1. The fourth-order valence-electron chi connectivity index (χ4n) is 4.02. The van der Waals surface area contributed by atoms with Crippen LogP contribution in [0.2, 0.25) is 0 Å². The summed E-state index contributed by atoms with van der Waals surface area (Å²) in [5.74, 6) is 1.15. The third kappa shape index (κ3) is 4.55. The number of rotatable bonds is 5. The average molecular weight is 361 g/mol. The molecule has 3 rings (SSSR count). The predicted molar refractivity (Wildman–Crippen MR) is 101 cm³/mol. The Kier molecular flexibility index (Phi) is 5.85. The quantitative estimate of drug-likeness (QED) is 0.751. The summed E-state index contributed by atoms with van der Waals surface area (Å²) < 4.78 is 11.0. The van der Waals surface area contributed by atoms with Crippen LogP contribution in [-0.2, 0) is 9.53 Å². The van der Waals surface area contributed by atoms with Gasteiger partial charge in [0.25, 0.3) is 0 Å². The summed E-state index contributed by atoms with van der Waals surface area (Å²) in [6.07, 6.45) is 2.24. The van der Waals surface area contributed by atoms with Crippen molar-refractivity contribution >= 4 is 5.91 Å². The van der Waals surface area contributed by atoms with Crippen LogP contribution in [0.5, 0.6) is 5.75 Å². The van der Waals surface area contributed by atoms with Crippen LogP contribution in [0.3, 0.4) is 0 Å². The van der Waals surface area contributed by atoms with E-state index in [0.29, 0.717) is 13.0 Å². The third-order valence-corrected chi connectivity index (χ3v) is 5.50. The smallest absolute Gasteiger partial charge is 0.220 e. The van der Waals surface area contributed by atoms with Gasteiger partial charge in [0, 0.05) is 31.0 Å². The summed E-state index contributed by atoms with van der Waals surface area (Å²) >= 11 is 0. The Morgan fingerprint density at radius 1 is 1.31 bits per heavy atom. The fraction of sp³-hybridized carbons (Fsp3) is 0.650. The van der Waals surface area contributed by atoms with Gasteiger partial charge in [0.05, 0.1) is 18.8 Å². The summed E-state index contributed by atoms with van der Waals surface area (Å²) in [5, 5.41) is 3.22. The summed E-state index contributed by atoms with van der Waals surface area (Å²) in [6, 6.07) is 8.56. The molecular weight excluding hydrogens is 330 g/mol. The molecule has 2 heterocycles. The van der Waals surface area contributed by atoms with Crippen molar-refractivity contribution in [3.05, 3.63) is 29.8 Å². The van der Waals surface area contributed by atoms with Crippen LogP contribution in [0.15, 0.2) is 24.3 Å². The number of benzene rings is 1. The summed E-state index contributed by atoms with van der Waals surface area (Å²) in [4.78, 5) is 12.7. The van der Waals surface area contributed by atoms with E-state index in [4.69, 9.17) is 9.47 Å². The second kappa shape index (κ2) is 7.94. The van der Waals surface area contributed by atoms with Gasteiger partial charge in [-0.15, -0.1) is 0 Å². The zero-order valence-corrected chi connectivity index (χ0v) is 16.2. The van der Waals surface area contributed by atoms with Gasteiger partial charge in [-0.1, -0.05) is 12.1 Å². The normalized spacial score (nSPS) is 30.8. The first kappa shape index (κ1) is 19.1. The van der Waals surface area contributed by atoms with Gasteiger partial charge in [0.2, 0.25) is 5.91 Å². The molecule has 6 nitrogen and oxygen atoms in total. The number of ether oxygens (including phenoxy) is 2. The first-order chi connectivity index (χ1) is 12.4. The van der Waals surface area contributed by atoms with Crippen LogP contribution < -0.4 is 20.9 Å². The number of hydrazine groups is 1. The van der Waals surface area contributed by atoms with Crippen molar-refractivity contribution in [2.45, 2.75) is 63.8 Å². The van der Waals surface area contributed by atoms with E-state index in [2.05, 4.69) is 49.1 Å². The number of hydrogen-bond acceptors (Lipinski definition) is 5. The van der Waals surface area contributed by atoms with Crippen molar-refractivity contribution in [3.8, 4) is 5.75 Å². The molecule has 144 valence electrons. The third-order valence-electron chi connectivity index (χ3n) is 5.50. The highest BCUT2D eigenvalue weighted by Crippen LogP contribution is 2.32. The first-order valence-corrected chi connectivity index (χ1v) is 9.46. The molecule has 26 heavy (non-hydrogen) atoms. The molecule has 2 aliphatic heterocycles. The molecule has 6 heteroatoms. The molecule has 1 aromatic carbocycles. The minimum atomic E-state index is -0.161. The fourth-order valence-corrected chi connectivity index (χ4v) is 4.02. The number of methoxy groups -OCH3 is 1. The number of hydrogen-bond donors (Lipinski definition) is 3. The number of carbonyl (C=O) groups is 1. The molecule has 0 radical (unpaired) electrons. The second-order valence-electron chi connectivity index (χ2n) is 8.06. The van der Waals surface area contributed by atoms with Crippen LogP contribution >= 0.6 is 0 Å². The second-order valence-corrected chi connectivity index (χ2v) is 8.06. The monoisotopic (exact) mass is 361 g/mol. The summed E-state index contributed by atoms with van der Waals surface area (Å²) in [7, 11) is 1.66. The molecule has 4 unspecified atom stereocenters. The molecular formula is C20H31N3O3. The lowest BCUT2D eigenvalue weighted by molar-refractivity contribution is -0.125. The zero-order chi connectivity index (χ0) is 18.7. The summed E-state index contributed by atoms with van der Waals surface area (Å²) in [5.41, 5.74) is 7.63. The molecule has 0 aromatic heterocycles. The van der Waals surface area contributed by atoms with Crippen LogP contribution in [0.4, 0.5) is 0 Å². The van der Waals surface area contributed by atoms with Crippen molar-refractivity contribution in [2.75, 3.05) is 13.7 Å². The Hall–Kier alpha value is -1.63. The van der Waals surface area contributed by atoms with Crippen molar-refractivity contribution < 1.29 is 14.3 Å². The standard InChI is InChI=1S/C20H31N3O3/c1-13-17(11-18(24)21-15-9-10-26-20(2,3)12-15)19(23-22-13)14-5-7-16(25-4)8-6-14/h5-8,13,15,17,19,22-23H,9-12H2,1-4H3,(H,21,24). The van der Waals surface area contributed by atoms with Gasteiger partial charge in [0.15, 0.2) is 0 Å². The molecule has 3 N–H and O–H groups in total. The van der Waals surface area contributed by atoms with Crippen molar-refractivity contribution in [2.24, 2.45) is 5.92 Å². The van der Waals surface area contributed by atoms with E-state index in [1.807, 2.05) is 12.1 Å². The van der Waals surface area contributed by atoms with Gasteiger partial charge in [-0.3, -0.25) is 10.2 Å². The van der Waals surface area contributed by atoms with E-state index in [1.165, 1.54) is 0 Å². The Bertz CT molecular complexity index is 617. The van der Waals surface area contributed by atoms with Crippen molar-refractivity contribution in [1.82, 2.24) is 16.2 Å². The van der Waals surface area contributed by atoms with Crippen LogP contribution in [0.1, 0.15) is 51.6 Å². The largest absolute Gasteiger partial charge is 0.497 e. The number of nitrogens with one attached hydrogen (secondary N) is 3. The van der Waals surface area contributed by atoms with E-state index in [0.717, 1.165) is 24.2 Å². The Labute approximate surface area is 156 Å². The molecule has 0 bridgehead atoms. The topological polar surface area (TPSA) is 71.6 Å². The van der Waals surface area contributed by atoms with E-state index in [1.54, 1.807) is 7.11 Å². The highest BCUT2D eigenvalue weighted by molar-refractivity contribution is 5.76. The summed E-state index contributed by atoms with van der Waals surface area (Å²) in [6.45, 7) is 6.98. The lowest BCUT2D eigenvalue weighted by atomic mass is 9.87. The number of carbonyl (C=O) groups excluding carboxylic acids is 1. The molecule has 0 aliphatic carbocycles. The maximum Gasteiger partial charge on any atom is 0.220 e. The Morgan fingerprint density at radius 2 is 2.04 bits per heavy atom. The SMILES string of the molecule is COc1ccc(C2NNC(C)C2CC(=O)NC2CCOC(C)(C)C2)cc1. The van der Waals surface area contributed by atoms with Crippen molar-refractivity contribution in [1.29, 1.82) is 0 Å². The molecule has 4 atom stereocenters. The van der Waals surface area contributed by atoms with Gasteiger partial charge in [-0.2, -0.15) is 0 Å². The van der Waals surface area contributed by atoms with E-state index < -0.39 is 0 Å². The minimum absolute atomic E-state index is 0.104. The zero-order valence-electron chi connectivity index (χ0n) is 16.2. The van der Waals surface area contributed by atoms with Gasteiger partial charge in [0.1, 0.15) is 5.75 Å². The van der Waals surface area contributed by atoms with E-state index >= 15 is 0 Å². The molecule has 1 amide bonds. The minimum Gasteiger partial charge on any atom is -0.497 e. The van der Waals surface area contributed by atoms with Gasteiger partial charge < -0.3 is 14.8 Å². The maximum atomic E-state index is 12.7. The van der Waals surface area contributed by atoms with Crippen molar-refractivity contribution in [3.63, 3.8) is 0 Å². The van der Waals surface area contributed by atoms with Gasteiger partial charge >= 0.3 is 0 Å².